The summed E-state index contributed by atoms with van der Waals surface area (Å²) < 4.78 is 66.6. The average molecular weight is 663 g/mol. The Labute approximate surface area is 261 Å². The summed E-state index contributed by atoms with van der Waals surface area (Å²) in [4.78, 5) is 24.9. The zero-order chi connectivity index (χ0) is 32.9. The van der Waals surface area contributed by atoms with E-state index in [1.165, 1.54) is 15.6 Å². The Hall–Kier alpha value is -4.47. The highest BCUT2D eigenvalue weighted by Crippen LogP contribution is 2.31. The number of nitrogens with one attached hydrogen (secondary N) is 1. The first kappa shape index (κ1) is 33.4. The van der Waals surface area contributed by atoms with Crippen LogP contribution in [0.1, 0.15) is 22.4 Å². The minimum Gasteiger partial charge on any atom is -0.497 e. The Morgan fingerprint density at radius 3 is 2.36 bits per heavy atom. The fraction of sp³-hybridized carbons (Fsp3) is 0.233. The zero-order valence-electron chi connectivity index (χ0n) is 23.8. The van der Waals surface area contributed by atoms with Crippen molar-refractivity contribution >= 4 is 49.8 Å². The second-order valence-electron chi connectivity index (χ2n) is 10.0. The molecule has 0 spiro atoms. The van der Waals surface area contributed by atoms with Crippen LogP contribution in [0.2, 0.25) is 0 Å². The number of halogens is 3. The maximum Gasteiger partial charge on any atom is 0.490 e. The van der Waals surface area contributed by atoms with Crippen molar-refractivity contribution in [1.29, 1.82) is 5.41 Å². The summed E-state index contributed by atoms with van der Waals surface area (Å²) in [5.74, 6) is -2.37. The number of carboxylic acid groups (broad SMARTS) is 1. The summed E-state index contributed by atoms with van der Waals surface area (Å²) in [5, 5.41) is 18.2. The molecule has 1 aliphatic heterocycles. The molecule has 4 N–H and O–H groups in total. The number of sulfonamides is 1. The van der Waals surface area contributed by atoms with Gasteiger partial charge in [0.2, 0.25) is 15.9 Å². The summed E-state index contributed by atoms with van der Waals surface area (Å²) >= 11 is 1.35. The van der Waals surface area contributed by atoms with Crippen molar-refractivity contribution in [3.05, 3.63) is 94.2 Å². The summed E-state index contributed by atoms with van der Waals surface area (Å²) in [6.07, 6.45) is -4.70. The van der Waals surface area contributed by atoms with Crippen LogP contribution in [0.15, 0.2) is 83.1 Å². The standard InChI is InChI=1S/C28H28N4O4S2.C2HF3O2/c1-36-23-9-7-21-8-10-24(15-22(21)14-23)38(34,35)32(17-19-5-3-2-4-6-19)25-11-12-31(28(25)33)16-20-13-26(27(29)30)37-18-20;3-2(4,5)1(6)7/h2-10,13-15,18,25H,11-12,16-17H2,1H3,(H3,29,30);(H,6,7)/t25-;/m0./s1. The van der Waals surface area contributed by atoms with E-state index in [2.05, 4.69) is 0 Å². The normalized spacial score (nSPS) is 15.2. The highest BCUT2D eigenvalue weighted by molar-refractivity contribution is 7.89. The number of carboxylic acids is 1. The Balaban J connectivity index is 0.000000591. The van der Waals surface area contributed by atoms with Gasteiger partial charge in [0, 0.05) is 19.6 Å². The van der Waals surface area contributed by atoms with Gasteiger partial charge in [-0.3, -0.25) is 10.2 Å². The van der Waals surface area contributed by atoms with E-state index in [-0.39, 0.29) is 23.2 Å². The first-order valence-electron chi connectivity index (χ1n) is 13.3. The Bertz CT molecular complexity index is 1810. The number of thiophene rings is 1. The quantitative estimate of drug-likeness (QED) is 0.172. The van der Waals surface area contributed by atoms with E-state index in [0.29, 0.717) is 30.1 Å². The van der Waals surface area contributed by atoms with E-state index in [9.17, 15) is 26.4 Å². The lowest BCUT2D eigenvalue weighted by Gasteiger charge is -2.27. The number of benzene rings is 3. The number of hydrogen-bond acceptors (Lipinski definition) is 7. The third kappa shape index (κ3) is 7.98. The summed E-state index contributed by atoms with van der Waals surface area (Å²) in [7, 11) is -2.46. The second kappa shape index (κ2) is 13.7. The van der Waals surface area contributed by atoms with E-state index in [1.807, 2.05) is 47.8 Å². The van der Waals surface area contributed by atoms with Crippen molar-refractivity contribution in [2.24, 2.45) is 5.73 Å². The number of aliphatic carboxylic acids is 1. The molecule has 4 aromatic rings. The van der Waals surface area contributed by atoms with Crippen LogP contribution in [0, 0.1) is 5.41 Å². The number of amides is 1. The fourth-order valence-electron chi connectivity index (χ4n) is 4.72. The number of nitrogens with zero attached hydrogens (tertiary/aromatic N) is 2. The van der Waals surface area contributed by atoms with Crippen molar-refractivity contribution in [1.82, 2.24) is 9.21 Å². The topological polar surface area (TPSA) is 154 Å². The first-order valence-corrected chi connectivity index (χ1v) is 15.7. The van der Waals surface area contributed by atoms with Gasteiger partial charge in [-0.2, -0.15) is 17.5 Å². The van der Waals surface area contributed by atoms with Gasteiger partial charge in [0.15, 0.2) is 0 Å². The number of nitrogens with two attached hydrogens (primary N) is 1. The lowest BCUT2D eigenvalue weighted by atomic mass is 10.1. The van der Waals surface area contributed by atoms with Gasteiger partial charge in [0.25, 0.3) is 0 Å². The van der Waals surface area contributed by atoms with Crippen LogP contribution in [0.4, 0.5) is 13.2 Å². The van der Waals surface area contributed by atoms with E-state index in [4.69, 9.17) is 25.8 Å². The van der Waals surface area contributed by atoms with Gasteiger partial charge < -0.3 is 20.5 Å². The lowest BCUT2D eigenvalue weighted by molar-refractivity contribution is -0.192. The monoisotopic (exact) mass is 662 g/mol. The molecule has 5 rings (SSSR count). The molecule has 0 aliphatic carbocycles. The highest BCUT2D eigenvalue weighted by atomic mass is 32.2. The van der Waals surface area contributed by atoms with Gasteiger partial charge in [0.1, 0.15) is 17.6 Å². The molecule has 2 heterocycles. The van der Waals surface area contributed by atoms with E-state index in [1.54, 1.807) is 42.3 Å². The molecule has 1 aliphatic rings. The van der Waals surface area contributed by atoms with Gasteiger partial charge in [-0.05, 0) is 64.0 Å². The van der Waals surface area contributed by atoms with Crippen molar-refractivity contribution < 1.29 is 41.0 Å². The van der Waals surface area contributed by atoms with E-state index >= 15 is 0 Å². The third-order valence-corrected chi connectivity index (χ3v) is 9.82. The molecule has 0 radical (unpaired) electrons. The molecule has 45 heavy (non-hydrogen) atoms. The van der Waals surface area contributed by atoms with Crippen LogP contribution in [-0.2, 0) is 32.7 Å². The van der Waals surface area contributed by atoms with Crippen molar-refractivity contribution in [3.8, 4) is 5.75 Å². The SMILES string of the molecule is COc1ccc2ccc(S(=O)(=O)N(Cc3ccccc3)[C@H]3CCN(Cc4csc(C(=N)N)c4)C3=O)cc2c1.O=C(O)C(F)(F)F. The van der Waals surface area contributed by atoms with Gasteiger partial charge in [0.05, 0.1) is 16.9 Å². The van der Waals surface area contributed by atoms with Crippen molar-refractivity contribution in [3.63, 3.8) is 0 Å². The smallest absolute Gasteiger partial charge is 0.490 e. The molecular weight excluding hydrogens is 633 g/mol. The number of methoxy groups -OCH3 is 1. The maximum absolute atomic E-state index is 14.1. The average Bonchev–Trinajstić information content (AvgIpc) is 3.62. The highest BCUT2D eigenvalue weighted by Gasteiger charge is 2.42. The van der Waals surface area contributed by atoms with Crippen molar-refractivity contribution in [2.75, 3.05) is 13.7 Å². The number of ether oxygens (including phenoxy) is 1. The lowest BCUT2D eigenvalue weighted by Crippen LogP contribution is -2.44. The van der Waals surface area contributed by atoms with Gasteiger partial charge >= 0.3 is 12.1 Å². The van der Waals surface area contributed by atoms with Crippen LogP contribution in [0.5, 0.6) is 5.75 Å². The number of alkyl halides is 3. The van der Waals surface area contributed by atoms with Crippen LogP contribution in [-0.4, -0.2) is 66.3 Å². The van der Waals surface area contributed by atoms with Crippen LogP contribution >= 0.6 is 11.3 Å². The molecule has 0 saturated carbocycles. The summed E-state index contributed by atoms with van der Waals surface area (Å²) in [5.41, 5.74) is 7.25. The molecule has 1 fully saturated rings. The van der Waals surface area contributed by atoms with Crippen LogP contribution in [0.25, 0.3) is 10.8 Å². The maximum atomic E-state index is 14.1. The molecule has 3 aromatic carbocycles. The first-order chi connectivity index (χ1) is 21.2. The minimum absolute atomic E-state index is 0.0139. The fourth-order valence-corrected chi connectivity index (χ4v) is 7.12. The van der Waals surface area contributed by atoms with Gasteiger partial charge in [-0.25, -0.2) is 13.2 Å². The van der Waals surface area contributed by atoms with Crippen LogP contribution < -0.4 is 10.5 Å². The number of nitrogen functional groups attached to an aromatic ring is 1. The largest absolute Gasteiger partial charge is 0.497 e. The summed E-state index contributed by atoms with van der Waals surface area (Å²) in [6.45, 7) is 0.856. The number of amidine groups is 1. The number of carbonyl (C=O) groups excluding carboxylic acids is 1. The predicted octanol–water partition coefficient (Wildman–Crippen LogP) is 4.82. The van der Waals surface area contributed by atoms with Crippen molar-refractivity contribution in [2.45, 2.75) is 36.6 Å². The Kier molecular flexibility index (Phi) is 10.2. The Morgan fingerprint density at radius 1 is 1.09 bits per heavy atom. The van der Waals surface area contributed by atoms with Crippen LogP contribution in [0.3, 0.4) is 0 Å². The summed E-state index contributed by atoms with van der Waals surface area (Å²) in [6, 6.07) is 20.8. The molecule has 1 saturated heterocycles. The molecule has 0 bridgehead atoms. The Morgan fingerprint density at radius 2 is 1.76 bits per heavy atom. The predicted molar refractivity (Wildman–Crippen MR) is 163 cm³/mol. The third-order valence-electron chi connectivity index (χ3n) is 6.96. The molecule has 1 aromatic heterocycles. The molecule has 1 atom stereocenters. The number of fused-ring (bicyclic) bond motifs is 1. The van der Waals surface area contributed by atoms with E-state index < -0.39 is 28.2 Å². The molecule has 15 heteroatoms. The molecule has 10 nitrogen and oxygen atoms in total. The number of likely N-dealkylation sites (tertiary alicyclic amines) is 1. The number of hydrogen-bond donors (Lipinski definition) is 3. The molecule has 238 valence electrons. The van der Waals surface area contributed by atoms with Gasteiger partial charge in [-0.15, -0.1) is 11.3 Å². The van der Waals surface area contributed by atoms with Gasteiger partial charge in [-0.1, -0.05) is 42.5 Å². The van der Waals surface area contributed by atoms with E-state index in [0.717, 1.165) is 21.9 Å². The molecule has 1 amide bonds. The zero-order valence-corrected chi connectivity index (χ0v) is 25.5. The molecular formula is C30H29F3N4O6S2. The minimum atomic E-state index is -5.08. The number of rotatable bonds is 9. The number of carbonyl (C=O) groups is 2. The second-order valence-corrected chi connectivity index (χ2v) is 12.8. The molecule has 0 unspecified atom stereocenters.